The van der Waals surface area contributed by atoms with Crippen LogP contribution in [0.3, 0.4) is 0 Å². The lowest BCUT2D eigenvalue weighted by Gasteiger charge is -2.16. The maximum absolute atomic E-state index is 11.4. The van der Waals surface area contributed by atoms with Gasteiger partial charge in [0.1, 0.15) is 6.04 Å². The van der Waals surface area contributed by atoms with E-state index >= 15 is 0 Å². The highest BCUT2D eigenvalue weighted by Gasteiger charge is 2.20. The molecule has 0 rings (SSSR count). The number of carboxylic acid groups (broad SMARTS) is 1. The molecule has 1 amide bonds. The smallest absolute Gasteiger partial charge is 0.326 e. The summed E-state index contributed by atoms with van der Waals surface area (Å²) < 4.78 is 0. The standard InChI is InChI=1S/C11H21NO3S/c1-4-5-16-7-10(13)12-9(11(14)15)6-8(2)3/h8-9H,4-7H2,1-3H3,(H,12,13)(H,14,15)/t9-/m0/s1. The molecule has 0 aromatic rings. The number of hydrogen-bond acceptors (Lipinski definition) is 3. The van der Waals surface area contributed by atoms with Crippen molar-refractivity contribution in [2.24, 2.45) is 5.92 Å². The van der Waals surface area contributed by atoms with E-state index in [1.54, 1.807) is 0 Å². The Labute approximate surface area is 101 Å². The van der Waals surface area contributed by atoms with Crippen LogP contribution in [-0.2, 0) is 9.59 Å². The predicted octanol–water partition coefficient (Wildman–Crippen LogP) is 1.75. The number of thioether (sulfide) groups is 1. The number of nitrogens with one attached hydrogen (secondary N) is 1. The summed E-state index contributed by atoms with van der Waals surface area (Å²) in [4.78, 5) is 22.3. The fraction of sp³-hybridized carbons (Fsp3) is 0.818. The van der Waals surface area contributed by atoms with Crippen molar-refractivity contribution in [2.75, 3.05) is 11.5 Å². The summed E-state index contributed by atoms with van der Waals surface area (Å²) >= 11 is 1.53. The molecule has 2 N–H and O–H groups in total. The molecular formula is C11H21NO3S. The molecule has 0 saturated carbocycles. The van der Waals surface area contributed by atoms with E-state index in [1.807, 2.05) is 20.8 Å². The number of carbonyl (C=O) groups excluding carboxylic acids is 1. The number of rotatable bonds is 8. The van der Waals surface area contributed by atoms with Gasteiger partial charge in [0.05, 0.1) is 5.75 Å². The van der Waals surface area contributed by atoms with E-state index in [0.717, 1.165) is 12.2 Å². The molecule has 16 heavy (non-hydrogen) atoms. The van der Waals surface area contributed by atoms with Gasteiger partial charge in [-0.05, 0) is 24.5 Å². The quantitative estimate of drug-likeness (QED) is 0.641. The zero-order valence-electron chi connectivity index (χ0n) is 10.2. The number of amides is 1. The fourth-order valence-electron chi connectivity index (χ4n) is 1.24. The van der Waals surface area contributed by atoms with Gasteiger partial charge >= 0.3 is 5.97 Å². The monoisotopic (exact) mass is 247 g/mol. The number of carbonyl (C=O) groups is 2. The van der Waals surface area contributed by atoms with Crippen LogP contribution in [0.2, 0.25) is 0 Å². The molecule has 0 aromatic heterocycles. The Hall–Kier alpha value is -0.710. The molecule has 0 saturated heterocycles. The van der Waals surface area contributed by atoms with Gasteiger partial charge in [-0.25, -0.2) is 4.79 Å². The van der Waals surface area contributed by atoms with E-state index in [9.17, 15) is 9.59 Å². The summed E-state index contributed by atoms with van der Waals surface area (Å²) in [5.41, 5.74) is 0. The third-order valence-corrected chi connectivity index (χ3v) is 3.09. The predicted molar refractivity (Wildman–Crippen MR) is 66.6 cm³/mol. The highest BCUT2D eigenvalue weighted by atomic mass is 32.2. The van der Waals surface area contributed by atoms with E-state index < -0.39 is 12.0 Å². The van der Waals surface area contributed by atoms with Gasteiger partial charge in [-0.15, -0.1) is 0 Å². The van der Waals surface area contributed by atoms with Crippen LogP contribution >= 0.6 is 11.8 Å². The molecule has 0 unspecified atom stereocenters. The molecule has 0 aliphatic carbocycles. The van der Waals surface area contributed by atoms with Gasteiger partial charge in [0.25, 0.3) is 0 Å². The molecule has 0 aliphatic rings. The van der Waals surface area contributed by atoms with Crippen molar-refractivity contribution in [1.82, 2.24) is 5.32 Å². The lowest BCUT2D eigenvalue weighted by Crippen LogP contribution is -2.42. The largest absolute Gasteiger partial charge is 0.480 e. The third kappa shape index (κ3) is 7.56. The minimum atomic E-state index is -0.956. The second kappa shape index (κ2) is 8.44. The molecule has 0 radical (unpaired) electrons. The maximum atomic E-state index is 11.4. The van der Waals surface area contributed by atoms with Crippen LogP contribution in [0.25, 0.3) is 0 Å². The lowest BCUT2D eigenvalue weighted by atomic mass is 10.0. The van der Waals surface area contributed by atoms with E-state index in [0.29, 0.717) is 12.2 Å². The Morgan fingerprint density at radius 3 is 2.44 bits per heavy atom. The second-order valence-electron chi connectivity index (χ2n) is 4.14. The van der Waals surface area contributed by atoms with Gasteiger partial charge in [-0.3, -0.25) is 4.79 Å². The highest BCUT2D eigenvalue weighted by molar-refractivity contribution is 7.99. The van der Waals surface area contributed by atoms with Crippen LogP contribution in [0.4, 0.5) is 0 Å². The van der Waals surface area contributed by atoms with Gasteiger partial charge in [-0.2, -0.15) is 11.8 Å². The van der Waals surface area contributed by atoms with E-state index in [2.05, 4.69) is 5.32 Å². The first-order chi connectivity index (χ1) is 7.47. The topological polar surface area (TPSA) is 66.4 Å². The molecule has 1 atom stereocenters. The molecule has 5 heteroatoms. The Balaban J connectivity index is 3.98. The van der Waals surface area contributed by atoms with Crippen LogP contribution in [0.15, 0.2) is 0 Å². The normalized spacial score (nSPS) is 12.5. The first-order valence-corrected chi connectivity index (χ1v) is 6.72. The van der Waals surface area contributed by atoms with E-state index in [1.165, 1.54) is 11.8 Å². The van der Waals surface area contributed by atoms with Crippen LogP contribution in [-0.4, -0.2) is 34.5 Å². The SMILES string of the molecule is CCCSCC(=O)N[C@@H](CC(C)C)C(=O)O. The summed E-state index contributed by atoms with van der Waals surface area (Å²) in [5, 5.41) is 11.5. The first kappa shape index (κ1) is 15.3. The average molecular weight is 247 g/mol. The van der Waals surface area contributed by atoms with Crippen LogP contribution in [0.5, 0.6) is 0 Å². The van der Waals surface area contributed by atoms with E-state index in [4.69, 9.17) is 5.11 Å². The molecule has 0 spiro atoms. The molecule has 4 nitrogen and oxygen atoms in total. The summed E-state index contributed by atoms with van der Waals surface area (Å²) in [5.74, 6) is 0.379. The molecule has 0 aliphatic heterocycles. The number of aliphatic carboxylic acids is 1. The maximum Gasteiger partial charge on any atom is 0.326 e. The summed E-state index contributed by atoms with van der Waals surface area (Å²) in [6.07, 6.45) is 1.49. The Morgan fingerprint density at radius 1 is 1.38 bits per heavy atom. The molecule has 0 heterocycles. The second-order valence-corrected chi connectivity index (χ2v) is 5.25. The van der Waals surface area contributed by atoms with Crippen molar-refractivity contribution >= 4 is 23.6 Å². The summed E-state index contributed by atoms with van der Waals surface area (Å²) in [7, 11) is 0. The Kier molecular flexibility index (Phi) is 8.07. The van der Waals surface area contributed by atoms with Crippen molar-refractivity contribution in [1.29, 1.82) is 0 Å². The van der Waals surface area contributed by atoms with Crippen LogP contribution in [0.1, 0.15) is 33.6 Å². The van der Waals surface area contributed by atoms with Crippen LogP contribution in [0, 0.1) is 5.92 Å². The fourth-order valence-corrected chi connectivity index (χ4v) is 1.94. The Morgan fingerprint density at radius 2 is 2.00 bits per heavy atom. The zero-order chi connectivity index (χ0) is 12.6. The molecule has 94 valence electrons. The van der Waals surface area contributed by atoms with Crippen molar-refractivity contribution in [3.63, 3.8) is 0 Å². The number of hydrogen-bond donors (Lipinski definition) is 2. The van der Waals surface area contributed by atoms with Gasteiger partial charge in [0.2, 0.25) is 5.91 Å². The Bertz CT molecular complexity index is 231. The van der Waals surface area contributed by atoms with Gasteiger partial charge < -0.3 is 10.4 Å². The third-order valence-electron chi connectivity index (χ3n) is 1.92. The van der Waals surface area contributed by atoms with Gasteiger partial charge in [-0.1, -0.05) is 20.8 Å². The van der Waals surface area contributed by atoms with Gasteiger partial charge in [0, 0.05) is 0 Å². The average Bonchev–Trinajstić information content (AvgIpc) is 2.16. The van der Waals surface area contributed by atoms with Crippen molar-refractivity contribution < 1.29 is 14.7 Å². The molecular weight excluding hydrogens is 226 g/mol. The number of carboxylic acids is 1. The summed E-state index contributed by atoms with van der Waals surface area (Å²) in [6.45, 7) is 5.92. The minimum Gasteiger partial charge on any atom is -0.480 e. The molecule has 0 aromatic carbocycles. The zero-order valence-corrected chi connectivity index (χ0v) is 11.0. The van der Waals surface area contributed by atoms with Crippen molar-refractivity contribution in [3.05, 3.63) is 0 Å². The van der Waals surface area contributed by atoms with E-state index in [-0.39, 0.29) is 11.8 Å². The lowest BCUT2D eigenvalue weighted by molar-refractivity contribution is -0.141. The summed E-state index contributed by atoms with van der Waals surface area (Å²) in [6, 6.07) is -0.755. The minimum absolute atomic E-state index is 0.188. The highest BCUT2D eigenvalue weighted by Crippen LogP contribution is 2.06. The van der Waals surface area contributed by atoms with Gasteiger partial charge in [0.15, 0.2) is 0 Å². The van der Waals surface area contributed by atoms with Crippen LogP contribution < -0.4 is 5.32 Å². The van der Waals surface area contributed by atoms with Crippen molar-refractivity contribution in [2.45, 2.75) is 39.7 Å². The van der Waals surface area contributed by atoms with Crippen molar-refractivity contribution in [3.8, 4) is 0 Å². The molecule has 0 fully saturated rings. The first-order valence-electron chi connectivity index (χ1n) is 5.57. The molecule has 0 bridgehead atoms.